The standard InChI is InChI=1S/C16H27NO2/c1-14(2)16(11-17-9-10-18-3)13-19-12-15-7-5-4-6-8-15/h4-8,14,16-17H,9-13H2,1-3H3. The van der Waals surface area contributed by atoms with Gasteiger partial charge >= 0.3 is 0 Å². The molecule has 108 valence electrons. The smallest absolute Gasteiger partial charge is 0.0717 e. The van der Waals surface area contributed by atoms with Crippen LogP contribution in [0.2, 0.25) is 0 Å². The Bertz CT molecular complexity index is 314. The molecule has 19 heavy (non-hydrogen) atoms. The highest BCUT2D eigenvalue weighted by Crippen LogP contribution is 2.11. The summed E-state index contributed by atoms with van der Waals surface area (Å²) in [4.78, 5) is 0. The van der Waals surface area contributed by atoms with E-state index in [0.717, 1.165) is 26.3 Å². The molecule has 1 aromatic rings. The molecule has 1 N–H and O–H groups in total. The summed E-state index contributed by atoms with van der Waals surface area (Å²) in [5.41, 5.74) is 1.23. The molecule has 1 unspecified atom stereocenters. The average molecular weight is 265 g/mol. The van der Waals surface area contributed by atoms with Crippen molar-refractivity contribution in [3.8, 4) is 0 Å². The molecule has 0 aromatic heterocycles. The number of hydrogen-bond acceptors (Lipinski definition) is 3. The number of benzene rings is 1. The van der Waals surface area contributed by atoms with Crippen LogP contribution in [-0.2, 0) is 16.1 Å². The zero-order chi connectivity index (χ0) is 13.9. The molecule has 0 saturated carbocycles. The first-order valence-corrected chi connectivity index (χ1v) is 7.05. The molecule has 3 nitrogen and oxygen atoms in total. The van der Waals surface area contributed by atoms with E-state index in [1.54, 1.807) is 7.11 Å². The summed E-state index contributed by atoms with van der Waals surface area (Å²) in [6, 6.07) is 10.3. The molecule has 0 amide bonds. The molecular formula is C16H27NO2. The van der Waals surface area contributed by atoms with Crippen molar-refractivity contribution < 1.29 is 9.47 Å². The van der Waals surface area contributed by atoms with Crippen molar-refractivity contribution in [3.63, 3.8) is 0 Å². The van der Waals surface area contributed by atoms with E-state index in [-0.39, 0.29) is 0 Å². The summed E-state index contributed by atoms with van der Waals surface area (Å²) in [7, 11) is 1.73. The van der Waals surface area contributed by atoms with Crippen LogP contribution < -0.4 is 5.32 Å². The van der Waals surface area contributed by atoms with E-state index in [2.05, 4.69) is 31.3 Å². The second-order valence-electron chi connectivity index (χ2n) is 5.20. The number of ether oxygens (including phenoxy) is 2. The second kappa shape index (κ2) is 9.96. The first kappa shape index (κ1) is 16.2. The van der Waals surface area contributed by atoms with E-state index in [9.17, 15) is 0 Å². The Balaban J connectivity index is 2.22. The van der Waals surface area contributed by atoms with Crippen LogP contribution in [-0.4, -0.2) is 33.4 Å². The highest BCUT2D eigenvalue weighted by molar-refractivity contribution is 5.13. The number of rotatable bonds is 10. The Hall–Kier alpha value is -0.900. The molecule has 1 aromatic carbocycles. The van der Waals surface area contributed by atoms with Crippen LogP contribution in [0.25, 0.3) is 0 Å². The van der Waals surface area contributed by atoms with Gasteiger partial charge in [0, 0.05) is 20.2 Å². The predicted molar refractivity (Wildman–Crippen MR) is 79.2 cm³/mol. The van der Waals surface area contributed by atoms with Gasteiger partial charge in [0.05, 0.1) is 19.8 Å². The normalized spacial score (nSPS) is 12.8. The maximum atomic E-state index is 5.83. The fourth-order valence-electron chi connectivity index (χ4n) is 1.85. The molecule has 0 bridgehead atoms. The van der Waals surface area contributed by atoms with E-state index >= 15 is 0 Å². The minimum Gasteiger partial charge on any atom is -0.383 e. The topological polar surface area (TPSA) is 30.5 Å². The SMILES string of the molecule is COCCNCC(COCc1ccccc1)C(C)C. The summed E-state index contributed by atoms with van der Waals surface area (Å²) < 4.78 is 10.9. The molecule has 0 aliphatic carbocycles. The minimum absolute atomic E-state index is 0.542. The van der Waals surface area contributed by atoms with Crippen LogP contribution in [0.4, 0.5) is 0 Å². The van der Waals surface area contributed by atoms with E-state index < -0.39 is 0 Å². The van der Waals surface area contributed by atoms with Crippen LogP contribution in [0.3, 0.4) is 0 Å². The van der Waals surface area contributed by atoms with Crippen LogP contribution in [0.1, 0.15) is 19.4 Å². The first-order valence-electron chi connectivity index (χ1n) is 7.05. The highest BCUT2D eigenvalue weighted by atomic mass is 16.5. The Labute approximate surface area is 117 Å². The summed E-state index contributed by atoms with van der Waals surface area (Å²) >= 11 is 0. The summed E-state index contributed by atoms with van der Waals surface area (Å²) in [6.07, 6.45) is 0. The van der Waals surface area contributed by atoms with Gasteiger partial charge in [-0.3, -0.25) is 0 Å². The zero-order valence-electron chi connectivity index (χ0n) is 12.4. The van der Waals surface area contributed by atoms with E-state index in [1.165, 1.54) is 5.56 Å². The Morgan fingerprint density at radius 3 is 2.53 bits per heavy atom. The highest BCUT2D eigenvalue weighted by Gasteiger charge is 2.13. The van der Waals surface area contributed by atoms with Gasteiger partial charge in [-0.1, -0.05) is 44.2 Å². The monoisotopic (exact) mass is 265 g/mol. The third-order valence-corrected chi connectivity index (χ3v) is 3.28. The lowest BCUT2D eigenvalue weighted by atomic mass is 9.97. The molecule has 0 aliphatic heterocycles. The maximum absolute atomic E-state index is 5.83. The molecule has 0 radical (unpaired) electrons. The lowest BCUT2D eigenvalue weighted by Crippen LogP contribution is -2.31. The van der Waals surface area contributed by atoms with Crippen LogP contribution in [0.15, 0.2) is 30.3 Å². The Kier molecular flexibility index (Phi) is 8.47. The van der Waals surface area contributed by atoms with Crippen molar-refractivity contribution in [2.45, 2.75) is 20.5 Å². The summed E-state index contributed by atoms with van der Waals surface area (Å²) in [5.74, 6) is 1.16. The second-order valence-corrected chi connectivity index (χ2v) is 5.20. The molecule has 0 saturated heterocycles. The van der Waals surface area contributed by atoms with Crippen LogP contribution >= 0.6 is 0 Å². The van der Waals surface area contributed by atoms with Crippen LogP contribution in [0.5, 0.6) is 0 Å². The summed E-state index contributed by atoms with van der Waals surface area (Å²) in [5, 5.41) is 3.41. The third-order valence-electron chi connectivity index (χ3n) is 3.28. The average Bonchev–Trinajstić information content (AvgIpc) is 2.42. The third kappa shape index (κ3) is 7.31. The Morgan fingerprint density at radius 2 is 1.89 bits per heavy atom. The van der Waals surface area contributed by atoms with Gasteiger partial charge in [-0.25, -0.2) is 0 Å². The van der Waals surface area contributed by atoms with Crippen molar-refractivity contribution in [2.24, 2.45) is 11.8 Å². The lowest BCUT2D eigenvalue weighted by Gasteiger charge is -2.21. The van der Waals surface area contributed by atoms with Gasteiger partial charge in [-0.15, -0.1) is 0 Å². The van der Waals surface area contributed by atoms with Gasteiger partial charge in [0.2, 0.25) is 0 Å². The maximum Gasteiger partial charge on any atom is 0.0717 e. The fourth-order valence-corrected chi connectivity index (χ4v) is 1.85. The largest absolute Gasteiger partial charge is 0.383 e. The predicted octanol–water partition coefficient (Wildman–Crippen LogP) is 2.71. The number of nitrogens with one attached hydrogen (secondary N) is 1. The molecule has 0 aliphatic rings. The van der Waals surface area contributed by atoms with Crippen molar-refractivity contribution in [2.75, 3.05) is 33.4 Å². The lowest BCUT2D eigenvalue weighted by molar-refractivity contribution is 0.0704. The van der Waals surface area contributed by atoms with E-state index in [1.807, 2.05) is 18.2 Å². The fraction of sp³-hybridized carbons (Fsp3) is 0.625. The van der Waals surface area contributed by atoms with Gasteiger partial charge in [0.15, 0.2) is 0 Å². The first-order chi connectivity index (χ1) is 9.24. The van der Waals surface area contributed by atoms with Gasteiger partial charge < -0.3 is 14.8 Å². The number of methoxy groups -OCH3 is 1. The van der Waals surface area contributed by atoms with E-state index in [4.69, 9.17) is 9.47 Å². The Morgan fingerprint density at radius 1 is 1.16 bits per heavy atom. The summed E-state index contributed by atoms with van der Waals surface area (Å²) in [6.45, 7) is 8.63. The van der Waals surface area contributed by atoms with E-state index in [0.29, 0.717) is 18.4 Å². The minimum atomic E-state index is 0.542. The van der Waals surface area contributed by atoms with Crippen molar-refractivity contribution >= 4 is 0 Å². The molecule has 1 atom stereocenters. The molecule has 3 heteroatoms. The zero-order valence-corrected chi connectivity index (χ0v) is 12.4. The van der Waals surface area contributed by atoms with Gasteiger partial charge in [0.1, 0.15) is 0 Å². The number of hydrogen-bond donors (Lipinski definition) is 1. The van der Waals surface area contributed by atoms with Crippen molar-refractivity contribution in [3.05, 3.63) is 35.9 Å². The van der Waals surface area contributed by atoms with Gasteiger partial charge in [0.25, 0.3) is 0 Å². The molecule has 1 rings (SSSR count). The van der Waals surface area contributed by atoms with Gasteiger partial charge in [-0.05, 0) is 17.4 Å². The van der Waals surface area contributed by atoms with Crippen molar-refractivity contribution in [1.82, 2.24) is 5.32 Å². The van der Waals surface area contributed by atoms with Crippen molar-refractivity contribution in [1.29, 1.82) is 0 Å². The molecule has 0 spiro atoms. The molecule has 0 heterocycles. The molecule has 0 fully saturated rings. The molecular weight excluding hydrogens is 238 g/mol. The quantitative estimate of drug-likeness (QED) is 0.660. The van der Waals surface area contributed by atoms with Gasteiger partial charge in [-0.2, -0.15) is 0 Å². The van der Waals surface area contributed by atoms with Crippen LogP contribution in [0, 0.1) is 11.8 Å².